The molecule has 0 amide bonds. The number of anilines is 1. The minimum atomic E-state index is 1.05. The van der Waals surface area contributed by atoms with E-state index in [1.54, 1.807) is 11.3 Å². The molecule has 0 radical (unpaired) electrons. The molecule has 1 saturated heterocycles. The van der Waals surface area contributed by atoms with Crippen LogP contribution in [0, 0.1) is 0 Å². The van der Waals surface area contributed by atoms with E-state index in [1.165, 1.54) is 5.56 Å². The van der Waals surface area contributed by atoms with E-state index in [0.29, 0.717) is 0 Å². The molecule has 0 atom stereocenters. The average molecular weight is 338 g/mol. The maximum absolute atomic E-state index is 4.43. The number of nitrogens with zero attached hydrogens (tertiary/aromatic N) is 3. The molecule has 19 heavy (non-hydrogen) atoms. The SMILES string of the molecule is Brc1cnc(N2CCN(Cc3ccccc3)CC2)s1. The van der Waals surface area contributed by atoms with E-state index in [0.717, 1.165) is 41.6 Å². The van der Waals surface area contributed by atoms with Crippen molar-refractivity contribution in [1.82, 2.24) is 9.88 Å². The summed E-state index contributed by atoms with van der Waals surface area (Å²) in [5.41, 5.74) is 1.40. The molecule has 3 rings (SSSR count). The van der Waals surface area contributed by atoms with Crippen molar-refractivity contribution in [3.05, 3.63) is 45.9 Å². The maximum atomic E-state index is 4.43. The Morgan fingerprint density at radius 3 is 2.47 bits per heavy atom. The third-order valence-electron chi connectivity index (χ3n) is 3.36. The van der Waals surface area contributed by atoms with Gasteiger partial charge in [0.05, 0.1) is 9.98 Å². The van der Waals surface area contributed by atoms with Crippen molar-refractivity contribution in [2.24, 2.45) is 0 Å². The van der Waals surface area contributed by atoms with Crippen LogP contribution in [-0.2, 0) is 6.54 Å². The molecule has 0 saturated carbocycles. The largest absolute Gasteiger partial charge is 0.345 e. The monoisotopic (exact) mass is 337 g/mol. The summed E-state index contributed by atoms with van der Waals surface area (Å²) >= 11 is 5.19. The first-order valence-electron chi connectivity index (χ1n) is 6.44. The zero-order valence-corrected chi connectivity index (χ0v) is 13.0. The van der Waals surface area contributed by atoms with Crippen LogP contribution in [0.2, 0.25) is 0 Å². The summed E-state index contributed by atoms with van der Waals surface area (Å²) in [5, 5.41) is 1.13. The van der Waals surface area contributed by atoms with Gasteiger partial charge in [0.1, 0.15) is 0 Å². The Hall–Kier alpha value is -0.910. The van der Waals surface area contributed by atoms with Crippen molar-refractivity contribution in [3.63, 3.8) is 0 Å². The summed E-state index contributed by atoms with van der Waals surface area (Å²) in [6.45, 7) is 5.38. The minimum absolute atomic E-state index is 1.05. The molecule has 3 nitrogen and oxygen atoms in total. The fourth-order valence-corrected chi connectivity index (χ4v) is 3.56. The van der Waals surface area contributed by atoms with Crippen LogP contribution < -0.4 is 4.90 Å². The molecule has 0 N–H and O–H groups in total. The summed E-state index contributed by atoms with van der Waals surface area (Å²) in [5.74, 6) is 0. The summed E-state index contributed by atoms with van der Waals surface area (Å²) in [4.78, 5) is 9.31. The Labute approximate surface area is 126 Å². The number of rotatable bonds is 3. The second-order valence-electron chi connectivity index (χ2n) is 4.70. The van der Waals surface area contributed by atoms with Gasteiger partial charge in [-0.05, 0) is 21.5 Å². The zero-order chi connectivity index (χ0) is 13.1. The van der Waals surface area contributed by atoms with E-state index in [2.05, 4.69) is 61.0 Å². The van der Waals surface area contributed by atoms with Crippen molar-refractivity contribution >= 4 is 32.4 Å². The van der Waals surface area contributed by atoms with Crippen molar-refractivity contribution < 1.29 is 0 Å². The number of hydrogen-bond donors (Lipinski definition) is 0. The number of halogens is 1. The molecular weight excluding hydrogens is 322 g/mol. The summed E-state index contributed by atoms with van der Waals surface area (Å²) in [6.07, 6.45) is 1.89. The first kappa shape index (κ1) is 13.1. The molecule has 5 heteroatoms. The lowest BCUT2D eigenvalue weighted by Gasteiger charge is -2.34. The number of benzene rings is 1. The summed E-state index contributed by atoms with van der Waals surface area (Å²) in [6, 6.07) is 10.7. The number of piperazine rings is 1. The van der Waals surface area contributed by atoms with Gasteiger partial charge in [0, 0.05) is 32.7 Å². The van der Waals surface area contributed by atoms with Crippen LogP contribution in [0.3, 0.4) is 0 Å². The van der Waals surface area contributed by atoms with Crippen LogP contribution in [0.15, 0.2) is 40.3 Å². The molecule has 1 aromatic heterocycles. The highest BCUT2D eigenvalue weighted by Crippen LogP contribution is 2.27. The summed E-state index contributed by atoms with van der Waals surface area (Å²) in [7, 11) is 0. The molecular formula is C14H16BrN3S. The second kappa shape index (κ2) is 6.03. The van der Waals surface area contributed by atoms with Gasteiger partial charge in [-0.3, -0.25) is 4.90 Å². The van der Waals surface area contributed by atoms with Gasteiger partial charge >= 0.3 is 0 Å². The first-order chi connectivity index (χ1) is 9.31. The molecule has 2 heterocycles. The number of hydrogen-bond acceptors (Lipinski definition) is 4. The Morgan fingerprint density at radius 2 is 1.84 bits per heavy atom. The Kier molecular flexibility index (Phi) is 4.15. The lowest BCUT2D eigenvalue weighted by atomic mass is 10.2. The van der Waals surface area contributed by atoms with Crippen molar-refractivity contribution in [2.75, 3.05) is 31.1 Å². The predicted octanol–water partition coefficient (Wildman–Crippen LogP) is 3.23. The van der Waals surface area contributed by atoms with Gasteiger partial charge in [0.25, 0.3) is 0 Å². The van der Waals surface area contributed by atoms with E-state index >= 15 is 0 Å². The molecule has 1 fully saturated rings. The van der Waals surface area contributed by atoms with Crippen LogP contribution in [-0.4, -0.2) is 36.1 Å². The third kappa shape index (κ3) is 3.35. The standard InChI is InChI=1S/C14H16BrN3S/c15-13-10-16-14(19-13)18-8-6-17(7-9-18)11-12-4-2-1-3-5-12/h1-5,10H,6-9,11H2. The highest BCUT2D eigenvalue weighted by molar-refractivity contribution is 9.11. The molecule has 0 bridgehead atoms. The molecule has 0 unspecified atom stereocenters. The van der Waals surface area contributed by atoms with Gasteiger partial charge in [-0.15, -0.1) is 0 Å². The maximum Gasteiger partial charge on any atom is 0.186 e. The van der Waals surface area contributed by atoms with E-state index < -0.39 is 0 Å². The van der Waals surface area contributed by atoms with E-state index in [4.69, 9.17) is 0 Å². The topological polar surface area (TPSA) is 19.4 Å². The molecule has 0 spiro atoms. The molecule has 1 aliphatic rings. The van der Waals surface area contributed by atoms with Gasteiger partial charge < -0.3 is 4.90 Å². The third-order valence-corrected chi connectivity index (χ3v) is 4.89. The van der Waals surface area contributed by atoms with Gasteiger partial charge in [-0.2, -0.15) is 0 Å². The van der Waals surface area contributed by atoms with Crippen LogP contribution >= 0.6 is 27.3 Å². The fourth-order valence-electron chi connectivity index (χ4n) is 2.33. The van der Waals surface area contributed by atoms with Gasteiger partial charge in [0.15, 0.2) is 5.13 Å². The summed E-state index contributed by atoms with van der Waals surface area (Å²) < 4.78 is 1.11. The second-order valence-corrected chi connectivity index (χ2v) is 7.08. The highest BCUT2D eigenvalue weighted by atomic mass is 79.9. The zero-order valence-electron chi connectivity index (χ0n) is 10.6. The van der Waals surface area contributed by atoms with E-state index in [1.807, 2.05) is 6.20 Å². The number of thiazole rings is 1. The van der Waals surface area contributed by atoms with Crippen molar-refractivity contribution in [2.45, 2.75) is 6.54 Å². The average Bonchev–Trinajstić information content (AvgIpc) is 2.87. The van der Waals surface area contributed by atoms with Crippen LogP contribution in [0.5, 0.6) is 0 Å². The molecule has 2 aromatic rings. The molecule has 1 aromatic carbocycles. The quantitative estimate of drug-likeness (QED) is 0.857. The van der Waals surface area contributed by atoms with Crippen molar-refractivity contribution in [1.29, 1.82) is 0 Å². The fraction of sp³-hybridized carbons (Fsp3) is 0.357. The minimum Gasteiger partial charge on any atom is -0.345 e. The Morgan fingerprint density at radius 1 is 1.11 bits per heavy atom. The first-order valence-corrected chi connectivity index (χ1v) is 8.05. The normalized spacial score (nSPS) is 16.8. The predicted molar refractivity (Wildman–Crippen MR) is 83.7 cm³/mol. The Bertz CT molecular complexity index is 520. The lowest BCUT2D eigenvalue weighted by Crippen LogP contribution is -2.45. The smallest absolute Gasteiger partial charge is 0.186 e. The van der Waals surface area contributed by atoms with Gasteiger partial charge in [-0.25, -0.2) is 4.98 Å². The molecule has 100 valence electrons. The van der Waals surface area contributed by atoms with Crippen LogP contribution in [0.4, 0.5) is 5.13 Å². The number of aromatic nitrogens is 1. The van der Waals surface area contributed by atoms with Gasteiger partial charge in [0.2, 0.25) is 0 Å². The Balaban J connectivity index is 1.55. The van der Waals surface area contributed by atoms with E-state index in [9.17, 15) is 0 Å². The van der Waals surface area contributed by atoms with Crippen molar-refractivity contribution in [3.8, 4) is 0 Å². The molecule has 0 aliphatic carbocycles. The molecule has 1 aliphatic heterocycles. The highest BCUT2D eigenvalue weighted by Gasteiger charge is 2.19. The lowest BCUT2D eigenvalue weighted by molar-refractivity contribution is 0.250. The van der Waals surface area contributed by atoms with Crippen LogP contribution in [0.1, 0.15) is 5.56 Å². The van der Waals surface area contributed by atoms with Crippen LogP contribution in [0.25, 0.3) is 0 Å². The van der Waals surface area contributed by atoms with Gasteiger partial charge in [-0.1, -0.05) is 41.7 Å². The van der Waals surface area contributed by atoms with E-state index in [-0.39, 0.29) is 0 Å².